The lowest BCUT2D eigenvalue weighted by Crippen LogP contribution is -2.04. The van der Waals surface area contributed by atoms with E-state index in [2.05, 4.69) is 131 Å². The van der Waals surface area contributed by atoms with Gasteiger partial charge in [0.2, 0.25) is 0 Å². The molecule has 0 radical (unpaired) electrons. The van der Waals surface area contributed by atoms with E-state index >= 15 is 0 Å². The average molecular weight is 578 g/mol. The molecule has 3 aromatic carbocycles. The molecule has 0 aliphatic carbocycles. The van der Waals surface area contributed by atoms with Gasteiger partial charge in [0, 0.05) is 17.9 Å². The van der Waals surface area contributed by atoms with Gasteiger partial charge in [0.15, 0.2) is 0 Å². The van der Waals surface area contributed by atoms with Crippen LogP contribution in [-0.2, 0) is 19.4 Å². The van der Waals surface area contributed by atoms with Crippen LogP contribution >= 0.6 is 0 Å². The van der Waals surface area contributed by atoms with Gasteiger partial charge in [-0.1, -0.05) is 112 Å². The summed E-state index contributed by atoms with van der Waals surface area (Å²) in [6.45, 7) is 23.3. The first kappa shape index (κ1) is 37.1. The van der Waals surface area contributed by atoms with Crippen molar-refractivity contribution < 1.29 is 0 Å². The van der Waals surface area contributed by atoms with Crippen molar-refractivity contribution >= 4 is 11.3 Å². The van der Waals surface area contributed by atoms with Crippen molar-refractivity contribution in [2.45, 2.75) is 80.7 Å². The highest BCUT2D eigenvalue weighted by atomic mass is 15.3. The Balaban J connectivity index is 0.000000332. The zero-order valence-electron chi connectivity index (χ0n) is 28.1. The molecule has 0 fully saturated rings. The van der Waals surface area contributed by atoms with E-state index in [0.29, 0.717) is 0 Å². The first-order valence-corrected chi connectivity index (χ1v) is 15.6. The summed E-state index contributed by atoms with van der Waals surface area (Å²) in [5.41, 5.74) is 11.1. The Morgan fingerprint density at radius 1 is 0.837 bits per heavy atom. The van der Waals surface area contributed by atoms with Gasteiger partial charge < -0.3 is 5.32 Å². The van der Waals surface area contributed by atoms with Gasteiger partial charge in [-0.05, 0) is 105 Å². The monoisotopic (exact) mass is 577 g/mol. The molecule has 0 amide bonds. The summed E-state index contributed by atoms with van der Waals surface area (Å²) in [5, 5.41) is 7.51. The molecule has 4 rings (SSSR count). The first-order chi connectivity index (χ1) is 20.8. The van der Waals surface area contributed by atoms with Gasteiger partial charge in [-0.2, -0.15) is 5.10 Å². The van der Waals surface area contributed by atoms with E-state index in [1.54, 1.807) is 0 Å². The van der Waals surface area contributed by atoms with Crippen molar-refractivity contribution in [1.82, 2.24) is 15.1 Å². The summed E-state index contributed by atoms with van der Waals surface area (Å²) in [6.07, 6.45) is 10.6. The molecule has 1 heterocycles. The molecule has 3 nitrogen and oxygen atoms in total. The van der Waals surface area contributed by atoms with Crippen molar-refractivity contribution in [3.63, 3.8) is 0 Å². The minimum atomic E-state index is 0.962. The molecular formula is C40H55N3. The second-order valence-corrected chi connectivity index (χ2v) is 10.3. The van der Waals surface area contributed by atoms with Gasteiger partial charge in [-0.25, -0.2) is 4.68 Å². The van der Waals surface area contributed by atoms with Gasteiger partial charge in [0.25, 0.3) is 0 Å². The fraction of sp³-hybridized carbons (Fsp3) is 0.325. The van der Waals surface area contributed by atoms with Crippen LogP contribution in [0.3, 0.4) is 0 Å². The Labute approximate surface area is 263 Å². The largest absolute Gasteiger partial charge is 0.316 e. The molecule has 4 aromatic rings. The Hall–Kier alpha value is -3.95. The van der Waals surface area contributed by atoms with Crippen LogP contribution in [-0.4, -0.2) is 16.8 Å². The van der Waals surface area contributed by atoms with Gasteiger partial charge in [-0.15, -0.1) is 6.58 Å². The van der Waals surface area contributed by atoms with E-state index in [0.717, 1.165) is 30.7 Å². The van der Waals surface area contributed by atoms with E-state index in [4.69, 9.17) is 0 Å². The van der Waals surface area contributed by atoms with Crippen molar-refractivity contribution in [2.24, 2.45) is 0 Å². The van der Waals surface area contributed by atoms with E-state index in [1.165, 1.54) is 51.9 Å². The number of unbranched alkanes of at least 4 members (excludes halogenated alkanes) is 1. The summed E-state index contributed by atoms with van der Waals surface area (Å²) in [5.74, 6) is 0. The molecule has 0 atom stereocenters. The molecule has 0 aliphatic rings. The zero-order chi connectivity index (χ0) is 32.0. The minimum Gasteiger partial charge on any atom is -0.316 e. The Bertz CT molecular complexity index is 1360. The second kappa shape index (κ2) is 21.7. The van der Waals surface area contributed by atoms with Crippen LogP contribution in [0.15, 0.2) is 110 Å². The van der Waals surface area contributed by atoms with Crippen molar-refractivity contribution in [2.75, 3.05) is 7.05 Å². The number of rotatable bonds is 10. The van der Waals surface area contributed by atoms with Crippen LogP contribution in [0.4, 0.5) is 0 Å². The summed E-state index contributed by atoms with van der Waals surface area (Å²) < 4.78 is 1.96. The predicted octanol–water partition coefficient (Wildman–Crippen LogP) is 10.6. The maximum Gasteiger partial charge on any atom is 0.0526 e. The summed E-state index contributed by atoms with van der Waals surface area (Å²) in [4.78, 5) is 0. The fourth-order valence-corrected chi connectivity index (χ4v) is 4.36. The summed E-state index contributed by atoms with van der Waals surface area (Å²) in [6, 6.07) is 27.6. The topological polar surface area (TPSA) is 29.9 Å². The number of hydrogen-bond donors (Lipinski definition) is 1. The number of aryl methyl sites for hydroxylation is 4. The number of nitrogens with zero attached hydrogens (tertiary/aromatic N) is 2. The average Bonchev–Trinajstić information content (AvgIpc) is 3.38. The van der Waals surface area contributed by atoms with Crippen LogP contribution < -0.4 is 5.32 Å². The lowest BCUT2D eigenvalue weighted by Gasteiger charge is -2.09. The van der Waals surface area contributed by atoms with Crippen LogP contribution in [0.2, 0.25) is 0 Å². The lowest BCUT2D eigenvalue weighted by atomic mass is 10.0. The quantitative estimate of drug-likeness (QED) is 0.115. The van der Waals surface area contributed by atoms with E-state index in [-0.39, 0.29) is 0 Å². The molecule has 230 valence electrons. The number of allylic oxidation sites excluding steroid dienone is 4. The molecule has 0 unspecified atom stereocenters. The molecule has 0 bridgehead atoms. The number of hydrogen-bond acceptors (Lipinski definition) is 2. The molecule has 43 heavy (non-hydrogen) atoms. The third-order valence-electron chi connectivity index (χ3n) is 6.99. The normalized spacial score (nSPS) is 10.3. The molecule has 1 aromatic heterocycles. The van der Waals surface area contributed by atoms with E-state index in [9.17, 15) is 0 Å². The number of nitrogens with one attached hydrogen (secondary N) is 1. The van der Waals surface area contributed by atoms with E-state index in [1.807, 2.05) is 50.0 Å². The Kier molecular flexibility index (Phi) is 18.7. The highest BCUT2D eigenvalue weighted by Gasteiger charge is 2.05. The molecule has 0 saturated heterocycles. The van der Waals surface area contributed by atoms with Crippen molar-refractivity contribution in [3.05, 3.63) is 149 Å². The maximum atomic E-state index is 4.39. The lowest BCUT2D eigenvalue weighted by molar-refractivity contribution is 0.817. The van der Waals surface area contributed by atoms with Gasteiger partial charge >= 0.3 is 0 Å². The third-order valence-corrected chi connectivity index (χ3v) is 6.99. The van der Waals surface area contributed by atoms with Crippen molar-refractivity contribution in [3.8, 4) is 0 Å². The van der Waals surface area contributed by atoms with E-state index < -0.39 is 0 Å². The zero-order valence-corrected chi connectivity index (χ0v) is 28.1. The second-order valence-electron chi connectivity index (χ2n) is 10.3. The van der Waals surface area contributed by atoms with Gasteiger partial charge in [0.1, 0.15) is 0 Å². The molecular weight excluding hydrogens is 522 g/mol. The number of benzene rings is 3. The SMILES string of the molecule is C=C(/C=C(/C)n1ncc(C)c1C)c1ccccc1C.C=CCCCc1ccccc1.CC.CCc1ccc(CNC)cc1. The van der Waals surface area contributed by atoms with Crippen molar-refractivity contribution in [1.29, 1.82) is 0 Å². The molecule has 0 spiro atoms. The van der Waals surface area contributed by atoms with Crippen LogP contribution in [0.1, 0.15) is 79.6 Å². The van der Waals surface area contributed by atoms with Crippen LogP contribution in [0.5, 0.6) is 0 Å². The summed E-state index contributed by atoms with van der Waals surface area (Å²) >= 11 is 0. The highest BCUT2D eigenvalue weighted by molar-refractivity contribution is 5.79. The van der Waals surface area contributed by atoms with Gasteiger partial charge in [-0.3, -0.25) is 0 Å². The molecule has 0 saturated carbocycles. The molecule has 3 heteroatoms. The first-order valence-electron chi connectivity index (χ1n) is 15.6. The van der Waals surface area contributed by atoms with Gasteiger partial charge in [0.05, 0.1) is 6.20 Å². The molecule has 0 aliphatic heterocycles. The molecule has 1 N–H and O–H groups in total. The maximum absolute atomic E-state index is 4.39. The standard InChI is InChI=1S/C17H20N2.C11H14.C10H15N.C2H6/c1-12-8-6-7-9-17(12)13(2)10-15(4)19-16(5)14(3)11-18-19;1-2-3-5-8-11-9-6-4-7-10-11;1-3-9-4-6-10(7-5-9)8-11-2;1-2/h6-11H,2H2,1,3-5H3;2,4,6-7,9-10H,1,3,5,8H2;4-7,11H,3,8H2,1-2H3;1-2H3/b15-10-;;;. The van der Waals surface area contributed by atoms with Crippen LogP contribution in [0, 0.1) is 20.8 Å². The van der Waals surface area contributed by atoms with Crippen LogP contribution in [0.25, 0.3) is 11.3 Å². The third kappa shape index (κ3) is 13.7. The minimum absolute atomic E-state index is 0.962. The smallest absolute Gasteiger partial charge is 0.0526 e. The predicted molar refractivity (Wildman–Crippen MR) is 191 cm³/mol. The summed E-state index contributed by atoms with van der Waals surface area (Å²) in [7, 11) is 1.97. The Morgan fingerprint density at radius 2 is 1.44 bits per heavy atom. The fourth-order valence-electron chi connectivity index (χ4n) is 4.36. The highest BCUT2D eigenvalue weighted by Crippen LogP contribution is 2.21. The number of aromatic nitrogens is 2. The Morgan fingerprint density at radius 3 is 1.98 bits per heavy atom.